The molecule has 0 fully saturated rings. The fraction of sp³-hybridized carbons (Fsp3) is 0.111. The van der Waals surface area contributed by atoms with E-state index in [0.717, 1.165) is 22.1 Å². The molecule has 0 saturated heterocycles. The summed E-state index contributed by atoms with van der Waals surface area (Å²) in [6.07, 6.45) is 0. The van der Waals surface area contributed by atoms with Gasteiger partial charge in [-0.15, -0.1) is 0 Å². The third kappa shape index (κ3) is 3.48. The molecule has 3 nitrogen and oxygen atoms in total. The maximum atomic E-state index is 9.07. The van der Waals surface area contributed by atoms with Crippen LogP contribution in [0.2, 0.25) is 0 Å². The molecule has 3 rings (SSSR count). The van der Waals surface area contributed by atoms with Gasteiger partial charge in [0.15, 0.2) is 0 Å². The highest BCUT2D eigenvalue weighted by atomic mass is 16.5. The van der Waals surface area contributed by atoms with Crippen LogP contribution in [0.25, 0.3) is 10.8 Å². The fourth-order valence-electron chi connectivity index (χ4n) is 2.27. The minimum absolute atomic E-state index is 0. The molecular formula is C18H19BO3. The lowest BCUT2D eigenvalue weighted by Gasteiger charge is -2.10. The van der Waals surface area contributed by atoms with E-state index in [-0.39, 0.29) is 7.43 Å². The van der Waals surface area contributed by atoms with Gasteiger partial charge < -0.3 is 14.8 Å². The molecule has 0 spiro atoms. The van der Waals surface area contributed by atoms with Crippen LogP contribution in [-0.4, -0.2) is 17.2 Å². The van der Waals surface area contributed by atoms with Crippen molar-refractivity contribution in [1.82, 2.24) is 0 Å². The van der Waals surface area contributed by atoms with Crippen LogP contribution in [0.15, 0.2) is 66.7 Å². The highest BCUT2D eigenvalue weighted by Crippen LogP contribution is 2.25. The molecule has 0 bridgehead atoms. The van der Waals surface area contributed by atoms with E-state index >= 15 is 0 Å². The van der Waals surface area contributed by atoms with Crippen LogP contribution in [0.1, 0.15) is 13.0 Å². The van der Waals surface area contributed by atoms with Crippen LogP contribution < -0.4 is 10.2 Å². The summed E-state index contributed by atoms with van der Waals surface area (Å²) in [5.41, 5.74) is 1.45. The Hall–Kier alpha value is -2.30. The molecule has 0 saturated carbocycles. The standard InChI is InChI=1S/C17H15BO3.CH4/c19-18(20)15-10-8-13(9-11-15)12-21-17-7-3-5-14-4-1-2-6-16(14)17;/h1-11,19-20H,12H2;1H4. The molecule has 0 aromatic heterocycles. The van der Waals surface area contributed by atoms with Crippen LogP contribution in [0.5, 0.6) is 5.75 Å². The lowest BCUT2D eigenvalue weighted by molar-refractivity contribution is 0.310. The third-order valence-electron chi connectivity index (χ3n) is 3.42. The molecule has 112 valence electrons. The van der Waals surface area contributed by atoms with E-state index in [1.165, 1.54) is 0 Å². The summed E-state index contributed by atoms with van der Waals surface area (Å²) in [6, 6.07) is 21.1. The first-order valence-corrected chi connectivity index (χ1v) is 6.79. The van der Waals surface area contributed by atoms with Gasteiger partial charge in [-0.1, -0.05) is 68.1 Å². The monoisotopic (exact) mass is 294 g/mol. The van der Waals surface area contributed by atoms with Gasteiger partial charge in [0.1, 0.15) is 12.4 Å². The van der Waals surface area contributed by atoms with Crippen molar-refractivity contribution in [3.8, 4) is 5.75 Å². The maximum Gasteiger partial charge on any atom is 0.488 e. The Bertz CT molecular complexity index is 733. The highest BCUT2D eigenvalue weighted by molar-refractivity contribution is 6.58. The Morgan fingerprint density at radius 2 is 1.50 bits per heavy atom. The summed E-state index contributed by atoms with van der Waals surface area (Å²) in [5, 5.41) is 20.4. The molecule has 0 aliphatic rings. The van der Waals surface area contributed by atoms with Crippen molar-refractivity contribution in [3.63, 3.8) is 0 Å². The number of ether oxygens (including phenoxy) is 1. The first kappa shape index (κ1) is 16.1. The van der Waals surface area contributed by atoms with E-state index in [4.69, 9.17) is 14.8 Å². The van der Waals surface area contributed by atoms with E-state index in [9.17, 15) is 0 Å². The van der Waals surface area contributed by atoms with Crippen LogP contribution in [0.3, 0.4) is 0 Å². The van der Waals surface area contributed by atoms with Gasteiger partial charge in [-0.25, -0.2) is 0 Å². The van der Waals surface area contributed by atoms with Crippen molar-refractivity contribution in [1.29, 1.82) is 0 Å². The zero-order valence-corrected chi connectivity index (χ0v) is 11.4. The molecule has 22 heavy (non-hydrogen) atoms. The predicted molar refractivity (Wildman–Crippen MR) is 91.3 cm³/mol. The molecule has 3 aromatic carbocycles. The van der Waals surface area contributed by atoms with Gasteiger partial charge in [0.05, 0.1) is 0 Å². The Balaban J connectivity index is 0.00000176. The Kier molecular flexibility index (Phi) is 5.20. The number of hydrogen-bond acceptors (Lipinski definition) is 3. The Morgan fingerprint density at radius 1 is 0.818 bits per heavy atom. The molecule has 0 unspecified atom stereocenters. The summed E-state index contributed by atoms with van der Waals surface area (Å²) in [5.74, 6) is 0.847. The fourth-order valence-corrected chi connectivity index (χ4v) is 2.27. The lowest BCUT2D eigenvalue weighted by Crippen LogP contribution is -2.29. The zero-order chi connectivity index (χ0) is 14.7. The lowest BCUT2D eigenvalue weighted by atomic mass is 9.80. The summed E-state index contributed by atoms with van der Waals surface area (Å²) < 4.78 is 5.88. The minimum atomic E-state index is -1.43. The highest BCUT2D eigenvalue weighted by Gasteiger charge is 2.09. The molecular weight excluding hydrogens is 275 g/mol. The minimum Gasteiger partial charge on any atom is -0.488 e. The molecule has 0 radical (unpaired) electrons. The van der Waals surface area contributed by atoms with Gasteiger partial charge in [-0.05, 0) is 22.5 Å². The summed E-state index contributed by atoms with van der Waals surface area (Å²) >= 11 is 0. The first-order chi connectivity index (χ1) is 10.2. The molecule has 2 N–H and O–H groups in total. The molecule has 0 heterocycles. The van der Waals surface area contributed by atoms with Crippen molar-refractivity contribution in [2.24, 2.45) is 0 Å². The van der Waals surface area contributed by atoms with Crippen LogP contribution >= 0.6 is 0 Å². The number of rotatable bonds is 4. The second-order valence-electron chi connectivity index (χ2n) is 4.88. The second-order valence-corrected chi connectivity index (χ2v) is 4.88. The Morgan fingerprint density at radius 3 is 2.23 bits per heavy atom. The van der Waals surface area contributed by atoms with Gasteiger partial charge >= 0.3 is 7.12 Å². The van der Waals surface area contributed by atoms with Crippen LogP contribution in [0.4, 0.5) is 0 Å². The average Bonchev–Trinajstić information content (AvgIpc) is 2.53. The van der Waals surface area contributed by atoms with Gasteiger partial charge in [-0.3, -0.25) is 0 Å². The number of hydrogen-bond donors (Lipinski definition) is 2. The van der Waals surface area contributed by atoms with E-state index in [2.05, 4.69) is 12.1 Å². The first-order valence-electron chi connectivity index (χ1n) is 6.79. The molecule has 0 aliphatic carbocycles. The van der Waals surface area contributed by atoms with Gasteiger partial charge in [0, 0.05) is 5.39 Å². The van der Waals surface area contributed by atoms with Gasteiger partial charge in [0.25, 0.3) is 0 Å². The summed E-state index contributed by atoms with van der Waals surface area (Å²) in [6.45, 7) is 0.440. The van der Waals surface area contributed by atoms with E-state index in [0.29, 0.717) is 12.1 Å². The van der Waals surface area contributed by atoms with E-state index < -0.39 is 7.12 Å². The van der Waals surface area contributed by atoms with Crippen molar-refractivity contribution >= 4 is 23.4 Å². The smallest absolute Gasteiger partial charge is 0.488 e. The summed E-state index contributed by atoms with van der Waals surface area (Å²) in [7, 11) is -1.43. The second kappa shape index (κ2) is 7.12. The molecule has 0 amide bonds. The Labute approximate surface area is 131 Å². The van der Waals surface area contributed by atoms with Gasteiger partial charge in [-0.2, -0.15) is 0 Å². The zero-order valence-electron chi connectivity index (χ0n) is 11.4. The van der Waals surface area contributed by atoms with Gasteiger partial charge in [0.2, 0.25) is 0 Å². The quantitative estimate of drug-likeness (QED) is 0.727. The van der Waals surface area contributed by atoms with E-state index in [1.54, 1.807) is 12.1 Å². The SMILES string of the molecule is C.OB(O)c1ccc(COc2cccc3ccccc23)cc1. The van der Waals surface area contributed by atoms with Crippen molar-refractivity contribution < 1.29 is 14.8 Å². The topological polar surface area (TPSA) is 49.7 Å². The van der Waals surface area contributed by atoms with Crippen LogP contribution in [-0.2, 0) is 6.61 Å². The molecule has 0 aliphatic heterocycles. The van der Waals surface area contributed by atoms with Crippen LogP contribution in [0, 0.1) is 0 Å². The normalized spacial score (nSPS) is 10.1. The number of benzene rings is 3. The third-order valence-corrected chi connectivity index (χ3v) is 3.42. The van der Waals surface area contributed by atoms with Crippen molar-refractivity contribution in [2.45, 2.75) is 14.0 Å². The molecule has 3 aromatic rings. The number of fused-ring (bicyclic) bond motifs is 1. The van der Waals surface area contributed by atoms with Crippen molar-refractivity contribution in [3.05, 3.63) is 72.3 Å². The van der Waals surface area contributed by atoms with Crippen molar-refractivity contribution in [2.75, 3.05) is 0 Å². The average molecular weight is 294 g/mol. The molecule has 0 atom stereocenters. The molecule has 4 heteroatoms. The largest absolute Gasteiger partial charge is 0.488 e. The van der Waals surface area contributed by atoms with E-state index in [1.807, 2.05) is 42.5 Å². The summed E-state index contributed by atoms with van der Waals surface area (Å²) in [4.78, 5) is 0. The maximum absolute atomic E-state index is 9.07. The predicted octanol–water partition coefficient (Wildman–Crippen LogP) is 2.73.